The van der Waals surface area contributed by atoms with Crippen molar-refractivity contribution in [3.05, 3.63) is 76.1 Å². The van der Waals surface area contributed by atoms with Crippen molar-refractivity contribution in [1.82, 2.24) is 9.80 Å². The Bertz CT molecular complexity index is 1100. The van der Waals surface area contributed by atoms with Crippen LogP contribution in [0.3, 0.4) is 0 Å². The molecule has 33 heavy (non-hydrogen) atoms. The third-order valence-electron chi connectivity index (χ3n) is 5.58. The second-order valence-corrected chi connectivity index (χ2v) is 9.45. The lowest BCUT2D eigenvalue weighted by Gasteiger charge is -2.37. The average molecular weight is 471 g/mol. The number of halogens is 1. The van der Waals surface area contributed by atoms with Crippen LogP contribution >= 0.6 is 11.3 Å². The van der Waals surface area contributed by atoms with Crippen molar-refractivity contribution in [2.75, 3.05) is 26.2 Å². The quantitative estimate of drug-likeness (QED) is 0.475. The Morgan fingerprint density at radius 1 is 1.24 bits per heavy atom. The van der Waals surface area contributed by atoms with Gasteiger partial charge in [-0.15, -0.1) is 11.3 Å². The van der Waals surface area contributed by atoms with Crippen LogP contribution < -0.4 is 4.74 Å². The first-order valence-electron chi connectivity index (χ1n) is 11.0. The van der Waals surface area contributed by atoms with E-state index >= 15 is 0 Å². The fourth-order valence-electron chi connectivity index (χ4n) is 4.08. The molecule has 6 nitrogen and oxygen atoms in total. The Balaban J connectivity index is 1.53. The number of carbonyl (C=O) groups excluding carboxylic acids is 2. The number of benzene rings is 1. The molecule has 1 aromatic carbocycles. The van der Waals surface area contributed by atoms with Crippen LogP contribution in [0, 0.1) is 11.7 Å². The predicted molar refractivity (Wildman–Crippen MR) is 124 cm³/mol. The van der Waals surface area contributed by atoms with E-state index in [0.717, 1.165) is 12.0 Å². The van der Waals surface area contributed by atoms with E-state index in [9.17, 15) is 14.0 Å². The van der Waals surface area contributed by atoms with Gasteiger partial charge in [0.2, 0.25) is 5.91 Å². The Kier molecular flexibility index (Phi) is 7.13. The molecule has 3 heterocycles. The highest BCUT2D eigenvalue weighted by Crippen LogP contribution is 2.34. The van der Waals surface area contributed by atoms with Crippen molar-refractivity contribution >= 4 is 23.2 Å². The summed E-state index contributed by atoms with van der Waals surface area (Å²) in [6.07, 6.45) is 2.19. The molecule has 0 bridgehead atoms. The maximum Gasteiger partial charge on any atom is 0.290 e. The maximum absolute atomic E-state index is 14.1. The van der Waals surface area contributed by atoms with Crippen LogP contribution in [-0.4, -0.2) is 47.9 Å². The van der Waals surface area contributed by atoms with E-state index in [4.69, 9.17) is 9.15 Å². The third kappa shape index (κ3) is 5.27. The first-order chi connectivity index (χ1) is 15.9. The van der Waals surface area contributed by atoms with E-state index < -0.39 is 5.82 Å². The van der Waals surface area contributed by atoms with Gasteiger partial charge in [-0.1, -0.05) is 26.0 Å². The highest BCUT2D eigenvalue weighted by atomic mass is 32.1. The van der Waals surface area contributed by atoms with E-state index in [2.05, 4.69) is 0 Å². The van der Waals surface area contributed by atoms with Crippen molar-refractivity contribution in [2.24, 2.45) is 5.92 Å². The van der Waals surface area contributed by atoms with Crippen molar-refractivity contribution in [1.29, 1.82) is 0 Å². The molecule has 0 N–H and O–H groups in total. The Hall–Kier alpha value is -3.13. The van der Waals surface area contributed by atoms with Crippen LogP contribution in [0.5, 0.6) is 5.75 Å². The fourth-order valence-corrected chi connectivity index (χ4v) is 5.00. The number of para-hydroxylation sites is 1. The van der Waals surface area contributed by atoms with Gasteiger partial charge in [-0.3, -0.25) is 9.59 Å². The van der Waals surface area contributed by atoms with Gasteiger partial charge in [0.25, 0.3) is 5.91 Å². The summed E-state index contributed by atoms with van der Waals surface area (Å²) in [6, 6.07) is 11.1. The second-order valence-electron chi connectivity index (χ2n) is 8.45. The molecule has 0 saturated carbocycles. The number of amides is 2. The minimum absolute atomic E-state index is 0.0621. The van der Waals surface area contributed by atoms with Crippen LogP contribution in [-0.2, 0) is 11.2 Å². The minimum Gasteiger partial charge on any atom is -0.488 e. The monoisotopic (exact) mass is 470 g/mol. The lowest BCUT2D eigenvalue weighted by Crippen LogP contribution is -2.48. The summed E-state index contributed by atoms with van der Waals surface area (Å²) >= 11 is 1.65. The van der Waals surface area contributed by atoms with E-state index in [0.29, 0.717) is 13.1 Å². The fraction of sp³-hybridized carbons (Fsp3) is 0.360. The molecule has 2 amide bonds. The molecule has 0 spiro atoms. The lowest BCUT2D eigenvalue weighted by molar-refractivity contribution is -0.135. The van der Waals surface area contributed by atoms with Gasteiger partial charge >= 0.3 is 0 Å². The standard InChI is InChI=1S/C25H27FN2O4S/c1-17(2)14-27(25(30)22-8-5-12-31-22)15-24(29)28-11-9-23-18(10-13-33-23)20(28)16-32-21-7-4-3-6-19(21)26/h3-8,10,12-13,17,20H,9,11,14-16H2,1-2H3/t20-/m0/s1. The molecule has 174 valence electrons. The Morgan fingerprint density at radius 3 is 2.79 bits per heavy atom. The number of nitrogens with zero attached hydrogens (tertiary/aromatic N) is 2. The molecular formula is C25H27FN2O4S. The number of fused-ring (bicyclic) bond motifs is 1. The van der Waals surface area contributed by atoms with Gasteiger partial charge in [0.15, 0.2) is 17.3 Å². The zero-order valence-electron chi connectivity index (χ0n) is 18.7. The van der Waals surface area contributed by atoms with Gasteiger partial charge in [0.1, 0.15) is 13.2 Å². The third-order valence-corrected chi connectivity index (χ3v) is 6.58. The molecule has 0 saturated heterocycles. The molecule has 1 aliphatic heterocycles. The molecule has 3 aromatic rings. The largest absolute Gasteiger partial charge is 0.488 e. The summed E-state index contributed by atoms with van der Waals surface area (Å²) in [6.45, 7) is 5.01. The number of hydrogen-bond donors (Lipinski definition) is 0. The topological polar surface area (TPSA) is 63.0 Å². The molecular weight excluding hydrogens is 443 g/mol. The van der Waals surface area contributed by atoms with E-state index in [1.165, 1.54) is 22.1 Å². The number of rotatable bonds is 8. The first kappa shape index (κ1) is 23.0. The molecule has 0 fully saturated rings. The zero-order valence-corrected chi connectivity index (χ0v) is 19.5. The number of furan rings is 1. The number of ether oxygens (including phenoxy) is 1. The molecule has 8 heteroatoms. The van der Waals surface area contributed by atoms with Crippen LogP contribution in [0.15, 0.2) is 58.5 Å². The summed E-state index contributed by atoms with van der Waals surface area (Å²) in [5.41, 5.74) is 1.02. The van der Waals surface area contributed by atoms with Crippen molar-refractivity contribution in [2.45, 2.75) is 26.3 Å². The predicted octanol–water partition coefficient (Wildman–Crippen LogP) is 4.78. The SMILES string of the molecule is CC(C)CN(CC(=O)N1CCc2sccc2[C@@H]1COc1ccccc1F)C(=O)c1ccco1. The van der Waals surface area contributed by atoms with Gasteiger partial charge in [0, 0.05) is 18.0 Å². The van der Waals surface area contributed by atoms with Gasteiger partial charge in [-0.2, -0.15) is 0 Å². The summed E-state index contributed by atoms with van der Waals surface area (Å²) in [5.74, 6) is -0.377. The van der Waals surface area contributed by atoms with E-state index in [1.54, 1.807) is 46.6 Å². The highest BCUT2D eigenvalue weighted by molar-refractivity contribution is 7.10. The average Bonchev–Trinajstić information content (AvgIpc) is 3.49. The molecule has 0 aliphatic carbocycles. The van der Waals surface area contributed by atoms with Crippen molar-refractivity contribution < 1.29 is 23.1 Å². The lowest BCUT2D eigenvalue weighted by atomic mass is 10.00. The first-order valence-corrected chi connectivity index (χ1v) is 11.9. The van der Waals surface area contributed by atoms with E-state index in [1.807, 2.05) is 25.3 Å². The van der Waals surface area contributed by atoms with Crippen LogP contribution in [0.1, 0.15) is 40.9 Å². The molecule has 1 aliphatic rings. The summed E-state index contributed by atoms with van der Waals surface area (Å²) < 4.78 is 25.2. The summed E-state index contributed by atoms with van der Waals surface area (Å²) in [7, 11) is 0. The van der Waals surface area contributed by atoms with Gasteiger partial charge in [0.05, 0.1) is 12.3 Å². The Labute approximate surface area is 196 Å². The Morgan fingerprint density at radius 2 is 2.06 bits per heavy atom. The zero-order chi connectivity index (χ0) is 23.4. The molecule has 0 radical (unpaired) electrons. The van der Waals surface area contributed by atoms with Crippen LogP contribution in [0.25, 0.3) is 0 Å². The normalized spacial score (nSPS) is 15.4. The smallest absolute Gasteiger partial charge is 0.290 e. The second kappa shape index (κ2) is 10.2. The number of thiophene rings is 1. The molecule has 1 atom stereocenters. The number of hydrogen-bond acceptors (Lipinski definition) is 5. The van der Waals surface area contributed by atoms with Crippen LogP contribution in [0.4, 0.5) is 4.39 Å². The molecule has 0 unspecified atom stereocenters. The van der Waals surface area contributed by atoms with Crippen LogP contribution in [0.2, 0.25) is 0 Å². The van der Waals surface area contributed by atoms with E-state index in [-0.39, 0.29) is 48.4 Å². The number of carbonyl (C=O) groups is 2. The van der Waals surface area contributed by atoms with Crippen molar-refractivity contribution in [3.8, 4) is 5.75 Å². The van der Waals surface area contributed by atoms with Crippen molar-refractivity contribution in [3.63, 3.8) is 0 Å². The molecule has 2 aromatic heterocycles. The molecule has 4 rings (SSSR count). The summed E-state index contributed by atoms with van der Waals surface area (Å²) in [4.78, 5) is 30.9. The maximum atomic E-state index is 14.1. The van der Waals surface area contributed by atoms with Gasteiger partial charge in [-0.25, -0.2) is 4.39 Å². The highest BCUT2D eigenvalue weighted by Gasteiger charge is 2.34. The minimum atomic E-state index is -0.441. The summed E-state index contributed by atoms with van der Waals surface area (Å²) in [5, 5.41) is 2.00. The van der Waals surface area contributed by atoms with Gasteiger partial charge < -0.3 is 19.0 Å². The van der Waals surface area contributed by atoms with Gasteiger partial charge in [-0.05, 0) is 53.6 Å².